The number of imidazole rings is 1. The van der Waals surface area contributed by atoms with E-state index in [2.05, 4.69) is 10.3 Å². The fourth-order valence-electron chi connectivity index (χ4n) is 4.63. The summed E-state index contributed by atoms with van der Waals surface area (Å²) < 4.78 is 15.3. The lowest BCUT2D eigenvalue weighted by Crippen LogP contribution is -2.31. The Morgan fingerprint density at radius 3 is 2.31 bits per heavy atom. The Morgan fingerprint density at radius 2 is 1.62 bits per heavy atom. The molecule has 5 rings (SSSR count). The third-order valence-electron chi connectivity index (χ3n) is 6.69. The van der Waals surface area contributed by atoms with Gasteiger partial charge in [-0.3, -0.25) is 14.2 Å². The van der Waals surface area contributed by atoms with Crippen molar-refractivity contribution in [1.29, 1.82) is 0 Å². The van der Waals surface area contributed by atoms with Gasteiger partial charge >= 0.3 is 0 Å². The van der Waals surface area contributed by atoms with E-state index >= 15 is 0 Å². The van der Waals surface area contributed by atoms with Gasteiger partial charge in [-0.2, -0.15) is 0 Å². The van der Waals surface area contributed by atoms with Crippen molar-refractivity contribution in [3.8, 4) is 5.69 Å². The van der Waals surface area contributed by atoms with Crippen LogP contribution in [0.4, 0.5) is 10.1 Å². The van der Waals surface area contributed by atoms with Crippen LogP contribution in [-0.4, -0.2) is 32.8 Å². The van der Waals surface area contributed by atoms with Gasteiger partial charge in [0, 0.05) is 30.0 Å². The van der Waals surface area contributed by atoms with Crippen LogP contribution in [0.3, 0.4) is 0 Å². The highest BCUT2D eigenvalue weighted by Gasteiger charge is 2.15. The number of rotatable bonds is 8. The average molecular weight is 521 g/mol. The summed E-state index contributed by atoms with van der Waals surface area (Å²) in [6.07, 6.45) is 0.290. The molecule has 196 valence electrons. The maximum Gasteiger partial charge on any atom is 0.255 e. The van der Waals surface area contributed by atoms with Gasteiger partial charge in [0.15, 0.2) is 0 Å². The van der Waals surface area contributed by atoms with Crippen LogP contribution >= 0.6 is 0 Å². The summed E-state index contributed by atoms with van der Waals surface area (Å²) in [7, 11) is 0. The van der Waals surface area contributed by atoms with Crippen molar-refractivity contribution in [1.82, 2.24) is 14.5 Å². The number of carbonyl (C=O) groups is 2. The summed E-state index contributed by atoms with van der Waals surface area (Å²) in [5.41, 5.74) is 5.36. The minimum absolute atomic E-state index is 0.0551. The number of aryl methyl sites for hydroxylation is 1. The number of anilines is 1. The molecular formula is C32H29FN4O2. The number of carbonyl (C=O) groups excluding carboxylic acids is 2. The van der Waals surface area contributed by atoms with Crippen LogP contribution in [0, 0.1) is 12.7 Å². The van der Waals surface area contributed by atoms with Crippen LogP contribution in [0.15, 0.2) is 97.1 Å². The second-order valence-electron chi connectivity index (χ2n) is 9.40. The van der Waals surface area contributed by atoms with Gasteiger partial charge in [-0.25, -0.2) is 9.37 Å². The molecule has 7 heteroatoms. The summed E-state index contributed by atoms with van der Waals surface area (Å²) in [6, 6.07) is 28.8. The molecule has 1 N–H and O–H groups in total. The van der Waals surface area contributed by atoms with Gasteiger partial charge in [0.1, 0.15) is 11.6 Å². The quantitative estimate of drug-likeness (QED) is 0.261. The molecule has 0 aliphatic carbocycles. The molecule has 0 saturated heterocycles. The fourth-order valence-corrected chi connectivity index (χ4v) is 4.63. The molecule has 0 bridgehead atoms. The van der Waals surface area contributed by atoms with E-state index in [1.807, 2.05) is 65.8 Å². The predicted molar refractivity (Wildman–Crippen MR) is 151 cm³/mol. The van der Waals surface area contributed by atoms with E-state index in [0.717, 1.165) is 33.7 Å². The number of aromatic nitrogens is 2. The maximum absolute atomic E-state index is 13.4. The molecule has 0 fully saturated rings. The number of nitrogens with one attached hydrogen (secondary N) is 1. The molecule has 0 aliphatic rings. The Morgan fingerprint density at radius 1 is 0.897 bits per heavy atom. The van der Waals surface area contributed by atoms with Gasteiger partial charge < -0.3 is 10.2 Å². The monoisotopic (exact) mass is 520 g/mol. The minimum Gasteiger partial charge on any atom is -0.338 e. The van der Waals surface area contributed by atoms with Gasteiger partial charge in [0.05, 0.1) is 17.5 Å². The molecule has 0 spiro atoms. The lowest BCUT2D eigenvalue weighted by molar-refractivity contribution is -0.130. The first-order valence-corrected chi connectivity index (χ1v) is 12.9. The zero-order valence-electron chi connectivity index (χ0n) is 21.9. The zero-order valence-corrected chi connectivity index (χ0v) is 21.9. The third kappa shape index (κ3) is 5.88. The average Bonchev–Trinajstić information content (AvgIpc) is 3.28. The van der Waals surface area contributed by atoms with Crippen LogP contribution in [0.25, 0.3) is 16.7 Å². The summed E-state index contributed by atoms with van der Waals surface area (Å²) in [5, 5.41) is 2.93. The molecule has 1 aromatic heterocycles. The number of likely N-dealkylation sites (N-methyl/N-ethyl adjacent to an activating group) is 1. The van der Waals surface area contributed by atoms with E-state index in [0.29, 0.717) is 24.3 Å². The molecule has 2 amide bonds. The molecule has 5 aromatic rings. The van der Waals surface area contributed by atoms with Crippen molar-refractivity contribution in [3.05, 3.63) is 125 Å². The summed E-state index contributed by atoms with van der Waals surface area (Å²) in [4.78, 5) is 32.4. The number of hydrogen-bond acceptors (Lipinski definition) is 3. The standard InChI is InChI=1S/C32H29FN4O2/c1-3-36(21-24-7-5-4-6-8-24)31(38)19-23-9-14-27(15-10-23)35-32(39)25-11-18-29-30(20-25)37(22(2)34-29)28-16-12-26(33)13-17-28/h4-18,20H,3,19,21H2,1-2H3,(H,35,39). The first-order valence-electron chi connectivity index (χ1n) is 12.9. The SMILES string of the molecule is CCN(Cc1ccccc1)C(=O)Cc1ccc(NC(=O)c2ccc3nc(C)n(-c4ccc(F)cc4)c3c2)cc1. The highest BCUT2D eigenvalue weighted by atomic mass is 19.1. The molecule has 39 heavy (non-hydrogen) atoms. The van der Waals surface area contributed by atoms with Gasteiger partial charge in [0.25, 0.3) is 5.91 Å². The van der Waals surface area contributed by atoms with Gasteiger partial charge in [0.2, 0.25) is 5.91 Å². The minimum atomic E-state index is -0.314. The van der Waals surface area contributed by atoms with E-state index in [1.54, 1.807) is 42.5 Å². The summed E-state index contributed by atoms with van der Waals surface area (Å²) in [5.74, 6) is 0.223. The highest BCUT2D eigenvalue weighted by molar-refractivity contribution is 6.06. The second kappa shape index (κ2) is 11.3. The van der Waals surface area contributed by atoms with Crippen molar-refractivity contribution in [2.45, 2.75) is 26.8 Å². The van der Waals surface area contributed by atoms with Gasteiger partial charge in [-0.15, -0.1) is 0 Å². The lowest BCUT2D eigenvalue weighted by atomic mass is 10.1. The number of halogens is 1. The van der Waals surface area contributed by atoms with Crippen molar-refractivity contribution < 1.29 is 14.0 Å². The second-order valence-corrected chi connectivity index (χ2v) is 9.40. The Labute approximate surface area is 226 Å². The van der Waals surface area contributed by atoms with Crippen LogP contribution < -0.4 is 5.32 Å². The number of nitrogens with zero attached hydrogens (tertiary/aromatic N) is 3. The van der Waals surface area contributed by atoms with Crippen LogP contribution in [0.1, 0.15) is 34.2 Å². The molecule has 6 nitrogen and oxygen atoms in total. The molecule has 0 unspecified atom stereocenters. The zero-order chi connectivity index (χ0) is 27.4. The van der Waals surface area contributed by atoms with E-state index in [1.165, 1.54) is 12.1 Å². The van der Waals surface area contributed by atoms with Crippen LogP contribution in [0.5, 0.6) is 0 Å². The Hall–Kier alpha value is -4.78. The van der Waals surface area contributed by atoms with Gasteiger partial charge in [-0.1, -0.05) is 42.5 Å². The Balaban J connectivity index is 1.27. The van der Waals surface area contributed by atoms with E-state index in [9.17, 15) is 14.0 Å². The van der Waals surface area contributed by atoms with Gasteiger partial charge in [-0.05, 0) is 79.6 Å². The first-order chi connectivity index (χ1) is 18.9. The Bertz CT molecular complexity index is 1610. The van der Waals surface area contributed by atoms with Crippen molar-refractivity contribution in [3.63, 3.8) is 0 Å². The fraction of sp³-hybridized carbons (Fsp3) is 0.156. The molecule has 0 atom stereocenters. The topological polar surface area (TPSA) is 67.2 Å². The van der Waals surface area contributed by atoms with Crippen LogP contribution in [-0.2, 0) is 17.8 Å². The van der Waals surface area contributed by atoms with Crippen molar-refractivity contribution >= 4 is 28.5 Å². The van der Waals surface area contributed by atoms with E-state index < -0.39 is 0 Å². The van der Waals surface area contributed by atoms with Crippen molar-refractivity contribution in [2.24, 2.45) is 0 Å². The highest BCUT2D eigenvalue weighted by Crippen LogP contribution is 2.23. The number of hydrogen-bond donors (Lipinski definition) is 1. The summed E-state index contributed by atoms with van der Waals surface area (Å²) in [6.45, 7) is 5.06. The van der Waals surface area contributed by atoms with Crippen LogP contribution in [0.2, 0.25) is 0 Å². The largest absolute Gasteiger partial charge is 0.338 e. The number of fused-ring (bicyclic) bond motifs is 1. The lowest BCUT2D eigenvalue weighted by Gasteiger charge is -2.21. The third-order valence-corrected chi connectivity index (χ3v) is 6.69. The molecular weight excluding hydrogens is 491 g/mol. The molecule has 4 aromatic carbocycles. The number of benzene rings is 4. The molecule has 0 saturated carbocycles. The Kier molecular flexibility index (Phi) is 7.50. The van der Waals surface area contributed by atoms with E-state index in [4.69, 9.17) is 0 Å². The number of amides is 2. The molecule has 1 heterocycles. The molecule has 0 radical (unpaired) electrons. The summed E-state index contributed by atoms with van der Waals surface area (Å²) >= 11 is 0. The first kappa shape index (κ1) is 25.9. The molecule has 0 aliphatic heterocycles. The normalized spacial score (nSPS) is 10.9. The van der Waals surface area contributed by atoms with Crippen molar-refractivity contribution in [2.75, 3.05) is 11.9 Å². The predicted octanol–water partition coefficient (Wildman–Crippen LogP) is 6.32. The van der Waals surface area contributed by atoms with E-state index in [-0.39, 0.29) is 24.1 Å². The smallest absolute Gasteiger partial charge is 0.255 e. The maximum atomic E-state index is 13.4.